The van der Waals surface area contributed by atoms with Crippen molar-refractivity contribution in [1.82, 2.24) is 14.5 Å². The van der Waals surface area contributed by atoms with E-state index >= 15 is 0 Å². The van der Waals surface area contributed by atoms with Crippen LogP contribution in [-0.4, -0.2) is 44.7 Å². The van der Waals surface area contributed by atoms with Gasteiger partial charge in [-0.05, 0) is 18.6 Å². The molecule has 2 aromatic rings. The first-order valence-electron chi connectivity index (χ1n) is 6.70. The molecule has 0 unspecified atom stereocenters. The number of aliphatic hydroxyl groups is 1. The average molecular weight is 271 g/mol. The predicted octanol–water partition coefficient (Wildman–Crippen LogP) is 1.29. The third-order valence-corrected chi connectivity index (χ3v) is 3.66. The fourth-order valence-electron chi connectivity index (χ4n) is 2.51. The molecule has 0 bridgehead atoms. The number of likely N-dealkylation sites (tertiary alicyclic amines) is 1. The minimum atomic E-state index is -0.384. The van der Waals surface area contributed by atoms with Crippen molar-refractivity contribution in [2.45, 2.75) is 12.5 Å². The van der Waals surface area contributed by atoms with E-state index in [1.807, 2.05) is 42.1 Å². The molecule has 0 spiro atoms. The first-order valence-corrected chi connectivity index (χ1v) is 6.70. The third kappa shape index (κ3) is 2.32. The van der Waals surface area contributed by atoms with Gasteiger partial charge in [0.2, 0.25) is 0 Å². The van der Waals surface area contributed by atoms with Gasteiger partial charge in [-0.1, -0.05) is 12.1 Å². The van der Waals surface area contributed by atoms with Crippen molar-refractivity contribution in [3.63, 3.8) is 0 Å². The van der Waals surface area contributed by atoms with E-state index in [-0.39, 0.29) is 12.0 Å². The normalized spacial score (nSPS) is 18.5. The van der Waals surface area contributed by atoms with Crippen molar-refractivity contribution in [2.24, 2.45) is 7.05 Å². The highest BCUT2D eigenvalue weighted by molar-refractivity contribution is 5.94. The van der Waals surface area contributed by atoms with Gasteiger partial charge >= 0.3 is 0 Å². The zero-order valence-corrected chi connectivity index (χ0v) is 11.4. The molecule has 5 nitrogen and oxygen atoms in total. The lowest BCUT2D eigenvalue weighted by atomic mass is 10.1. The van der Waals surface area contributed by atoms with Crippen molar-refractivity contribution in [3.8, 4) is 11.4 Å². The molecule has 1 aromatic carbocycles. The predicted molar refractivity (Wildman–Crippen MR) is 75.2 cm³/mol. The lowest BCUT2D eigenvalue weighted by molar-refractivity contribution is 0.0765. The summed E-state index contributed by atoms with van der Waals surface area (Å²) in [6, 6.07) is 7.44. The first kappa shape index (κ1) is 12.9. The molecule has 0 radical (unpaired) electrons. The molecule has 1 fully saturated rings. The second kappa shape index (κ2) is 5.09. The third-order valence-electron chi connectivity index (χ3n) is 3.66. The van der Waals surface area contributed by atoms with Crippen molar-refractivity contribution >= 4 is 5.91 Å². The first-order chi connectivity index (χ1) is 9.65. The molecule has 2 heterocycles. The van der Waals surface area contributed by atoms with Gasteiger partial charge in [-0.3, -0.25) is 4.79 Å². The summed E-state index contributed by atoms with van der Waals surface area (Å²) in [5.41, 5.74) is 1.63. The largest absolute Gasteiger partial charge is 0.391 e. The van der Waals surface area contributed by atoms with Gasteiger partial charge in [-0.15, -0.1) is 0 Å². The fourth-order valence-corrected chi connectivity index (χ4v) is 2.51. The summed E-state index contributed by atoms with van der Waals surface area (Å²) in [5.74, 6) is 0.855. The number of nitrogens with zero attached hydrogens (tertiary/aromatic N) is 3. The zero-order valence-electron chi connectivity index (χ0n) is 11.4. The Morgan fingerprint density at radius 3 is 2.65 bits per heavy atom. The number of β-amino-alcohol motifs (C(OH)–C–C–N with tert-alkyl or cyclic N) is 1. The second-order valence-electron chi connectivity index (χ2n) is 5.13. The van der Waals surface area contributed by atoms with Crippen LogP contribution in [0.1, 0.15) is 16.8 Å². The van der Waals surface area contributed by atoms with E-state index in [0.717, 1.165) is 11.4 Å². The van der Waals surface area contributed by atoms with Crippen LogP contribution in [0.4, 0.5) is 0 Å². The van der Waals surface area contributed by atoms with Gasteiger partial charge in [0.1, 0.15) is 5.82 Å². The number of aliphatic hydroxyl groups excluding tert-OH is 1. The van der Waals surface area contributed by atoms with Crippen LogP contribution in [0, 0.1) is 0 Å². The number of imidazole rings is 1. The molecule has 1 aromatic heterocycles. The van der Waals surface area contributed by atoms with Crippen LogP contribution in [0.25, 0.3) is 11.4 Å². The molecule has 20 heavy (non-hydrogen) atoms. The SMILES string of the molecule is Cn1ccnc1-c1ccc(C(=O)N2CC[C@@H](O)C2)cc1. The number of carbonyl (C=O) groups is 1. The van der Waals surface area contributed by atoms with Crippen LogP contribution in [0.2, 0.25) is 0 Å². The van der Waals surface area contributed by atoms with E-state index in [1.165, 1.54) is 0 Å². The van der Waals surface area contributed by atoms with E-state index < -0.39 is 0 Å². The Morgan fingerprint density at radius 1 is 1.35 bits per heavy atom. The van der Waals surface area contributed by atoms with Gasteiger partial charge in [0.25, 0.3) is 5.91 Å². The monoisotopic (exact) mass is 271 g/mol. The van der Waals surface area contributed by atoms with E-state index in [4.69, 9.17) is 0 Å². The molecule has 3 rings (SSSR count). The highest BCUT2D eigenvalue weighted by Crippen LogP contribution is 2.19. The zero-order chi connectivity index (χ0) is 14.1. The molecule has 5 heteroatoms. The summed E-state index contributed by atoms with van der Waals surface area (Å²) >= 11 is 0. The molecule has 1 aliphatic heterocycles. The summed E-state index contributed by atoms with van der Waals surface area (Å²) in [7, 11) is 1.94. The number of aryl methyl sites for hydroxylation is 1. The second-order valence-corrected chi connectivity index (χ2v) is 5.13. The Balaban J connectivity index is 1.80. The molecular formula is C15H17N3O2. The molecule has 1 aliphatic rings. The minimum Gasteiger partial charge on any atom is -0.391 e. The maximum Gasteiger partial charge on any atom is 0.253 e. The lowest BCUT2D eigenvalue weighted by Crippen LogP contribution is -2.29. The van der Waals surface area contributed by atoms with Crippen molar-refractivity contribution in [3.05, 3.63) is 42.2 Å². The van der Waals surface area contributed by atoms with Crippen molar-refractivity contribution in [1.29, 1.82) is 0 Å². The van der Waals surface area contributed by atoms with Gasteiger partial charge in [-0.25, -0.2) is 4.98 Å². The number of hydrogen-bond acceptors (Lipinski definition) is 3. The number of benzene rings is 1. The highest BCUT2D eigenvalue weighted by atomic mass is 16.3. The Kier molecular flexibility index (Phi) is 3.28. The van der Waals surface area contributed by atoms with Gasteiger partial charge in [0.15, 0.2) is 0 Å². The van der Waals surface area contributed by atoms with Gasteiger partial charge in [0.05, 0.1) is 6.10 Å². The summed E-state index contributed by atoms with van der Waals surface area (Å²) in [6.45, 7) is 1.06. The van der Waals surface area contributed by atoms with Crippen LogP contribution in [0.5, 0.6) is 0 Å². The van der Waals surface area contributed by atoms with E-state index in [9.17, 15) is 9.90 Å². The van der Waals surface area contributed by atoms with Crippen LogP contribution < -0.4 is 0 Å². The van der Waals surface area contributed by atoms with Gasteiger partial charge in [-0.2, -0.15) is 0 Å². The maximum atomic E-state index is 12.3. The molecular weight excluding hydrogens is 254 g/mol. The lowest BCUT2D eigenvalue weighted by Gasteiger charge is -2.15. The summed E-state index contributed by atoms with van der Waals surface area (Å²) in [5, 5.41) is 9.49. The van der Waals surface area contributed by atoms with Gasteiger partial charge < -0.3 is 14.6 Å². The summed E-state index contributed by atoms with van der Waals surface area (Å²) < 4.78 is 1.94. The van der Waals surface area contributed by atoms with E-state index in [0.29, 0.717) is 25.1 Å². The van der Waals surface area contributed by atoms with Crippen molar-refractivity contribution in [2.75, 3.05) is 13.1 Å². The molecule has 0 aliphatic carbocycles. The van der Waals surface area contributed by atoms with Crippen molar-refractivity contribution < 1.29 is 9.90 Å². The Bertz CT molecular complexity index is 618. The summed E-state index contributed by atoms with van der Waals surface area (Å²) in [4.78, 5) is 18.2. The number of aromatic nitrogens is 2. The standard InChI is InChI=1S/C15H17N3O2/c1-17-9-7-16-14(17)11-2-4-12(5-3-11)15(20)18-8-6-13(19)10-18/h2-5,7,9,13,19H,6,8,10H2,1H3/t13-/m1/s1. The van der Waals surface area contributed by atoms with Crippen LogP contribution >= 0.6 is 0 Å². The van der Waals surface area contributed by atoms with E-state index in [1.54, 1.807) is 11.1 Å². The quantitative estimate of drug-likeness (QED) is 0.895. The maximum absolute atomic E-state index is 12.3. The van der Waals surface area contributed by atoms with Crippen LogP contribution in [0.15, 0.2) is 36.7 Å². The topological polar surface area (TPSA) is 58.4 Å². The Hall–Kier alpha value is -2.14. The molecule has 1 saturated heterocycles. The number of carbonyl (C=O) groups excluding carboxylic acids is 1. The fraction of sp³-hybridized carbons (Fsp3) is 0.333. The Morgan fingerprint density at radius 2 is 2.10 bits per heavy atom. The van der Waals surface area contributed by atoms with Crippen LogP contribution in [-0.2, 0) is 7.05 Å². The Labute approximate surface area is 117 Å². The van der Waals surface area contributed by atoms with Gasteiger partial charge in [0, 0.05) is 43.7 Å². The summed E-state index contributed by atoms with van der Waals surface area (Å²) in [6.07, 6.45) is 3.92. The molecule has 0 saturated carbocycles. The smallest absolute Gasteiger partial charge is 0.253 e. The number of amides is 1. The molecule has 104 valence electrons. The molecule has 1 N–H and O–H groups in total. The number of rotatable bonds is 2. The minimum absolute atomic E-state index is 0.0204. The number of hydrogen-bond donors (Lipinski definition) is 1. The molecule has 1 atom stereocenters. The average Bonchev–Trinajstić information content (AvgIpc) is 3.07. The highest BCUT2D eigenvalue weighted by Gasteiger charge is 2.25. The molecule has 1 amide bonds. The van der Waals surface area contributed by atoms with E-state index in [2.05, 4.69) is 4.98 Å². The van der Waals surface area contributed by atoms with Crippen LogP contribution in [0.3, 0.4) is 0 Å².